The average Bonchev–Trinajstić information content (AvgIpc) is 2.64. The summed E-state index contributed by atoms with van der Waals surface area (Å²) in [5.74, 6) is -0.949. The number of rotatable bonds is 5. The normalized spacial score (nSPS) is 22.5. The van der Waals surface area contributed by atoms with Crippen LogP contribution in [0.1, 0.15) is 18.9 Å². The molecule has 0 spiro atoms. The van der Waals surface area contributed by atoms with Crippen molar-refractivity contribution in [2.75, 3.05) is 11.9 Å². The third kappa shape index (κ3) is 5.36. The van der Waals surface area contributed by atoms with Crippen LogP contribution in [0.2, 0.25) is 0 Å². The summed E-state index contributed by atoms with van der Waals surface area (Å²) < 4.78 is 73.3. The number of aromatic nitrogens is 2. The molecule has 0 bridgehead atoms. The Kier molecular flexibility index (Phi) is 6.17. The van der Waals surface area contributed by atoms with E-state index in [-0.39, 0.29) is 30.0 Å². The van der Waals surface area contributed by atoms with Gasteiger partial charge in [-0.2, -0.15) is 18.2 Å². The minimum Gasteiger partial charge on any atom is -0.471 e. The predicted molar refractivity (Wildman–Crippen MR) is 98.6 cm³/mol. The van der Waals surface area contributed by atoms with Crippen molar-refractivity contribution in [2.45, 2.75) is 42.7 Å². The quantitative estimate of drug-likeness (QED) is 0.630. The molecule has 1 aliphatic heterocycles. The van der Waals surface area contributed by atoms with E-state index in [2.05, 4.69) is 15.3 Å². The van der Waals surface area contributed by atoms with Crippen molar-refractivity contribution in [3.63, 3.8) is 0 Å². The molecule has 4 N–H and O–H groups in total. The second kappa shape index (κ2) is 8.34. The van der Waals surface area contributed by atoms with Crippen molar-refractivity contribution >= 4 is 21.7 Å². The smallest absolute Gasteiger partial charge is 0.423 e. The Hall–Kier alpha value is -2.48. The second-order valence-electron chi connectivity index (χ2n) is 6.71. The van der Waals surface area contributed by atoms with E-state index in [1.165, 1.54) is 24.3 Å². The van der Waals surface area contributed by atoms with E-state index in [9.17, 15) is 26.7 Å². The molecule has 9 nitrogen and oxygen atoms in total. The number of sulfonamides is 1. The van der Waals surface area contributed by atoms with Crippen LogP contribution >= 0.6 is 0 Å². The zero-order chi connectivity index (χ0) is 22.1. The molecule has 3 rings (SSSR count). The third-order valence-corrected chi connectivity index (χ3v) is 5.24. The highest BCUT2D eigenvalue weighted by molar-refractivity contribution is 7.89. The van der Waals surface area contributed by atoms with Gasteiger partial charge >= 0.3 is 6.18 Å². The average molecular weight is 448 g/mol. The number of nitrogens with two attached hydrogens (primary N) is 1. The zero-order valence-corrected chi connectivity index (χ0v) is 16.4. The van der Waals surface area contributed by atoms with Gasteiger partial charge in [0.1, 0.15) is 17.8 Å². The van der Waals surface area contributed by atoms with Gasteiger partial charge in [-0.3, -0.25) is 0 Å². The Morgan fingerprint density at radius 1 is 1.30 bits per heavy atom. The highest BCUT2D eigenvalue weighted by atomic mass is 32.2. The number of benzene rings is 1. The highest BCUT2D eigenvalue weighted by Crippen LogP contribution is 2.36. The summed E-state index contributed by atoms with van der Waals surface area (Å²) in [6, 6.07) is 5.15. The lowest BCUT2D eigenvalue weighted by atomic mass is 10.0. The van der Waals surface area contributed by atoms with E-state index in [4.69, 9.17) is 14.6 Å². The van der Waals surface area contributed by atoms with Crippen molar-refractivity contribution < 1.29 is 36.2 Å². The largest absolute Gasteiger partial charge is 0.471 e. The third-order valence-electron chi connectivity index (χ3n) is 4.31. The highest BCUT2D eigenvalue weighted by Gasteiger charge is 2.38. The lowest BCUT2D eigenvalue weighted by Gasteiger charge is -2.32. The number of nitrogens with one attached hydrogen (secondary N) is 1. The van der Waals surface area contributed by atoms with Crippen LogP contribution in [0.25, 0.3) is 0 Å². The number of anilines is 2. The zero-order valence-electron chi connectivity index (χ0n) is 15.6. The van der Waals surface area contributed by atoms with E-state index in [1.54, 1.807) is 6.92 Å². The molecule has 1 aromatic carbocycles. The Balaban J connectivity index is 1.87. The van der Waals surface area contributed by atoms with Crippen LogP contribution < -0.4 is 15.2 Å². The lowest BCUT2D eigenvalue weighted by Crippen LogP contribution is -2.44. The molecule has 13 heteroatoms. The molecule has 0 radical (unpaired) electrons. The summed E-state index contributed by atoms with van der Waals surface area (Å²) in [6.07, 6.45) is -6.37. The van der Waals surface area contributed by atoms with Gasteiger partial charge in [-0.25, -0.2) is 18.5 Å². The van der Waals surface area contributed by atoms with Gasteiger partial charge < -0.3 is 19.9 Å². The summed E-state index contributed by atoms with van der Waals surface area (Å²) in [4.78, 5) is 7.32. The van der Waals surface area contributed by atoms with E-state index < -0.39 is 39.9 Å². The Morgan fingerprint density at radius 3 is 2.57 bits per heavy atom. The maximum absolute atomic E-state index is 13.4. The molecule has 2 heterocycles. The summed E-state index contributed by atoms with van der Waals surface area (Å²) in [5, 5.41) is 17.7. The van der Waals surface area contributed by atoms with E-state index in [0.29, 0.717) is 11.9 Å². The summed E-state index contributed by atoms with van der Waals surface area (Å²) in [6.45, 7) is 1.64. The Morgan fingerprint density at radius 2 is 1.97 bits per heavy atom. The number of halogens is 3. The molecule has 0 aliphatic carbocycles. The first kappa shape index (κ1) is 22.2. The lowest BCUT2D eigenvalue weighted by molar-refractivity contribution is -0.143. The first-order valence-corrected chi connectivity index (χ1v) is 10.3. The van der Waals surface area contributed by atoms with Crippen molar-refractivity contribution in [3.05, 3.63) is 36.0 Å². The molecule has 3 atom stereocenters. The molecule has 1 saturated heterocycles. The molecular formula is C17H19F3N4O5S. The van der Waals surface area contributed by atoms with Gasteiger partial charge in [0.05, 0.1) is 17.6 Å². The monoisotopic (exact) mass is 448 g/mol. The molecule has 1 unspecified atom stereocenters. The molecule has 0 saturated carbocycles. The van der Waals surface area contributed by atoms with Gasteiger partial charge in [-0.15, -0.1) is 0 Å². The summed E-state index contributed by atoms with van der Waals surface area (Å²) >= 11 is 0. The number of aliphatic hydroxyl groups excluding tert-OH is 1. The van der Waals surface area contributed by atoms with Crippen LogP contribution in [0.15, 0.2) is 35.4 Å². The van der Waals surface area contributed by atoms with Crippen molar-refractivity contribution in [2.24, 2.45) is 5.14 Å². The summed E-state index contributed by atoms with van der Waals surface area (Å²) in [5.41, 5.74) is -0.878. The Labute approximate surface area is 170 Å². The fourth-order valence-corrected chi connectivity index (χ4v) is 3.28. The number of nitrogens with zero attached hydrogens (tertiary/aromatic N) is 2. The van der Waals surface area contributed by atoms with E-state index in [0.717, 1.165) is 0 Å². The van der Waals surface area contributed by atoms with E-state index in [1.807, 2.05) is 0 Å². The first-order chi connectivity index (χ1) is 13.9. The number of aliphatic hydroxyl groups is 1. The molecular weight excluding hydrogens is 429 g/mol. The van der Waals surface area contributed by atoms with Crippen molar-refractivity contribution in [1.29, 1.82) is 0 Å². The molecule has 30 heavy (non-hydrogen) atoms. The van der Waals surface area contributed by atoms with Crippen LogP contribution in [0.3, 0.4) is 0 Å². The predicted octanol–water partition coefficient (Wildman–Crippen LogP) is 1.80. The molecule has 164 valence electrons. The molecule has 1 aliphatic rings. The maximum Gasteiger partial charge on any atom is 0.423 e. The van der Waals surface area contributed by atoms with Gasteiger partial charge in [-0.1, -0.05) is 0 Å². The van der Waals surface area contributed by atoms with Gasteiger partial charge in [0.15, 0.2) is 0 Å². The standard InChI is InChI=1S/C17H19F3N4O5S/c1-9-6-14(13(25)8-28-9)29-15-12(17(18,19)20)7-22-16(24-15)23-10-2-4-11(5-3-10)30(21,26)27/h2-5,7,9,13-14,25H,6,8H2,1H3,(H2,21,26,27)(H,22,23,24)/t9?,13-,14+/m1/s1. The Bertz CT molecular complexity index is 1000. The SMILES string of the molecule is CC1C[C@H](Oc2nc(Nc3ccc(S(N)(=O)=O)cc3)ncc2C(F)(F)F)[C@H](O)CO1. The van der Waals surface area contributed by atoms with Crippen LogP contribution in [0, 0.1) is 0 Å². The van der Waals surface area contributed by atoms with Crippen LogP contribution in [0.4, 0.5) is 24.8 Å². The minimum absolute atomic E-state index is 0.0697. The van der Waals surface area contributed by atoms with Gasteiger partial charge in [-0.05, 0) is 31.2 Å². The number of primary sulfonamides is 1. The fraction of sp³-hybridized carbons (Fsp3) is 0.412. The first-order valence-electron chi connectivity index (χ1n) is 8.74. The topological polar surface area (TPSA) is 137 Å². The number of hydrogen-bond donors (Lipinski definition) is 3. The van der Waals surface area contributed by atoms with Crippen molar-refractivity contribution in [1.82, 2.24) is 9.97 Å². The van der Waals surface area contributed by atoms with Crippen molar-refractivity contribution in [3.8, 4) is 5.88 Å². The molecule has 2 aromatic rings. The van der Waals surface area contributed by atoms with Gasteiger partial charge in [0.2, 0.25) is 21.9 Å². The summed E-state index contributed by atoms with van der Waals surface area (Å²) in [7, 11) is -3.89. The van der Waals surface area contributed by atoms with Crippen LogP contribution in [-0.2, 0) is 20.9 Å². The maximum atomic E-state index is 13.4. The van der Waals surface area contributed by atoms with Gasteiger partial charge in [0, 0.05) is 18.3 Å². The molecule has 1 fully saturated rings. The van der Waals surface area contributed by atoms with Crippen LogP contribution in [-0.4, -0.2) is 48.4 Å². The fourth-order valence-electron chi connectivity index (χ4n) is 2.76. The number of hydrogen-bond acceptors (Lipinski definition) is 8. The second-order valence-corrected chi connectivity index (χ2v) is 8.27. The number of ether oxygens (including phenoxy) is 2. The number of alkyl halides is 3. The van der Waals surface area contributed by atoms with E-state index >= 15 is 0 Å². The molecule has 1 aromatic heterocycles. The minimum atomic E-state index is -4.77. The van der Waals surface area contributed by atoms with Crippen LogP contribution in [0.5, 0.6) is 5.88 Å². The molecule has 0 amide bonds. The van der Waals surface area contributed by atoms with Gasteiger partial charge in [0.25, 0.3) is 0 Å².